The van der Waals surface area contributed by atoms with Gasteiger partial charge in [-0.3, -0.25) is 0 Å². The van der Waals surface area contributed by atoms with Crippen molar-refractivity contribution in [2.24, 2.45) is 0 Å². The summed E-state index contributed by atoms with van der Waals surface area (Å²) in [6.07, 6.45) is -14.2. The highest BCUT2D eigenvalue weighted by atomic mass is 35.5. The fourth-order valence-corrected chi connectivity index (χ4v) is 0.961. The Kier molecular flexibility index (Phi) is 5.72. The minimum atomic E-state index is -5.43. The molecule has 0 bridgehead atoms. The van der Waals surface area contributed by atoms with Gasteiger partial charge >= 0.3 is 12.4 Å². The molecule has 0 aliphatic heterocycles. The third-order valence-corrected chi connectivity index (χ3v) is 1.67. The zero-order chi connectivity index (χ0) is 12.1. The molecule has 0 fully saturated rings. The SMILES string of the molecule is FC(F)(F)C(OCCCCCl)C(F)(F)F. The number of hydrogen-bond donors (Lipinski definition) is 0. The molecule has 0 rings (SSSR count). The second kappa shape index (κ2) is 5.79. The van der Waals surface area contributed by atoms with Crippen LogP contribution in [-0.2, 0) is 4.74 Å². The average molecular weight is 259 g/mol. The second-order valence-electron chi connectivity index (χ2n) is 2.73. The minimum absolute atomic E-state index is 0.0617. The first-order valence-electron chi connectivity index (χ1n) is 4.00. The Bertz CT molecular complexity index is 163. The van der Waals surface area contributed by atoms with Crippen molar-refractivity contribution in [2.45, 2.75) is 31.3 Å². The summed E-state index contributed by atoms with van der Waals surface area (Å²) in [5.41, 5.74) is 0. The number of halogens is 7. The summed E-state index contributed by atoms with van der Waals surface area (Å²) in [4.78, 5) is 0. The molecule has 0 unspecified atom stereocenters. The summed E-state index contributed by atoms with van der Waals surface area (Å²) in [5.74, 6) is 0.173. The second-order valence-corrected chi connectivity index (χ2v) is 3.11. The fraction of sp³-hybridized carbons (Fsp3) is 1.00. The van der Waals surface area contributed by atoms with E-state index >= 15 is 0 Å². The summed E-state index contributed by atoms with van der Waals surface area (Å²) in [5, 5.41) is 0. The van der Waals surface area contributed by atoms with Crippen LogP contribution < -0.4 is 0 Å². The molecular weight excluding hydrogens is 250 g/mol. The van der Waals surface area contributed by atoms with Gasteiger partial charge < -0.3 is 4.74 Å². The monoisotopic (exact) mass is 258 g/mol. The van der Waals surface area contributed by atoms with E-state index in [1.807, 2.05) is 0 Å². The van der Waals surface area contributed by atoms with E-state index in [2.05, 4.69) is 4.74 Å². The molecular formula is C7H9ClF6O. The van der Waals surface area contributed by atoms with Crippen LogP contribution in [0.3, 0.4) is 0 Å². The van der Waals surface area contributed by atoms with Gasteiger partial charge in [0, 0.05) is 12.5 Å². The van der Waals surface area contributed by atoms with E-state index < -0.39 is 25.1 Å². The van der Waals surface area contributed by atoms with Crippen molar-refractivity contribution >= 4 is 11.6 Å². The Morgan fingerprint density at radius 2 is 1.40 bits per heavy atom. The molecule has 1 nitrogen and oxygen atoms in total. The molecule has 0 aromatic rings. The maximum atomic E-state index is 11.9. The maximum absolute atomic E-state index is 11.9. The van der Waals surface area contributed by atoms with Crippen molar-refractivity contribution in [1.82, 2.24) is 0 Å². The van der Waals surface area contributed by atoms with Crippen LogP contribution in [0, 0.1) is 0 Å². The van der Waals surface area contributed by atoms with Crippen LogP contribution in [0.15, 0.2) is 0 Å². The molecule has 0 aromatic heterocycles. The van der Waals surface area contributed by atoms with Crippen molar-refractivity contribution in [3.05, 3.63) is 0 Å². The Hall–Kier alpha value is -0.170. The van der Waals surface area contributed by atoms with Gasteiger partial charge in [-0.15, -0.1) is 11.6 Å². The van der Waals surface area contributed by atoms with Gasteiger partial charge in [0.15, 0.2) is 0 Å². The van der Waals surface area contributed by atoms with Gasteiger partial charge in [0.1, 0.15) is 0 Å². The van der Waals surface area contributed by atoms with Gasteiger partial charge in [-0.1, -0.05) is 0 Å². The van der Waals surface area contributed by atoms with Gasteiger partial charge in [0.05, 0.1) is 0 Å². The average Bonchev–Trinajstić information content (AvgIpc) is 1.99. The third kappa shape index (κ3) is 6.09. The van der Waals surface area contributed by atoms with Gasteiger partial charge in [0.2, 0.25) is 6.10 Å². The van der Waals surface area contributed by atoms with E-state index in [-0.39, 0.29) is 12.3 Å². The first-order valence-corrected chi connectivity index (χ1v) is 4.54. The normalized spacial score (nSPS) is 13.6. The highest BCUT2D eigenvalue weighted by Gasteiger charge is 2.57. The minimum Gasteiger partial charge on any atom is -0.361 e. The van der Waals surface area contributed by atoms with Gasteiger partial charge in [-0.05, 0) is 12.8 Å². The number of hydrogen-bond acceptors (Lipinski definition) is 1. The van der Waals surface area contributed by atoms with Gasteiger partial charge in [-0.2, -0.15) is 26.3 Å². The largest absolute Gasteiger partial charge is 0.423 e. The van der Waals surface area contributed by atoms with Crippen LogP contribution in [0.2, 0.25) is 0 Å². The lowest BCUT2D eigenvalue weighted by molar-refractivity contribution is -0.321. The van der Waals surface area contributed by atoms with Crippen molar-refractivity contribution in [3.63, 3.8) is 0 Å². The summed E-state index contributed by atoms with van der Waals surface area (Å²) >= 11 is 5.20. The Morgan fingerprint density at radius 1 is 0.933 bits per heavy atom. The molecule has 0 N–H and O–H groups in total. The molecule has 0 spiro atoms. The molecule has 0 amide bonds. The number of ether oxygens (including phenoxy) is 1. The van der Waals surface area contributed by atoms with E-state index in [0.717, 1.165) is 0 Å². The predicted octanol–water partition coefficient (Wildman–Crippen LogP) is 3.52. The molecule has 0 radical (unpaired) electrons. The topological polar surface area (TPSA) is 9.23 Å². The van der Waals surface area contributed by atoms with Crippen LogP contribution in [0.1, 0.15) is 12.8 Å². The first kappa shape index (κ1) is 14.8. The lowest BCUT2D eigenvalue weighted by Gasteiger charge is -2.22. The number of unbranched alkanes of at least 4 members (excludes halogenated alkanes) is 1. The molecule has 0 aliphatic carbocycles. The molecule has 8 heteroatoms. The predicted molar refractivity (Wildman–Crippen MR) is 41.8 cm³/mol. The molecule has 0 aromatic carbocycles. The summed E-state index contributed by atoms with van der Waals surface area (Å²) in [7, 11) is 0. The van der Waals surface area contributed by atoms with Crippen LogP contribution in [0.5, 0.6) is 0 Å². The Balaban J connectivity index is 4.17. The van der Waals surface area contributed by atoms with E-state index in [0.29, 0.717) is 6.42 Å². The van der Waals surface area contributed by atoms with Crippen LogP contribution in [-0.4, -0.2) is 30.9 Å². The molecule has 0 aliphatic rings. The number of alkyl halides is 7. The Labute approximate surface area is 87.3 Å². The smallest absolute Gasteiger partial charge is 0.361 e. The molecule has 15 heavy (non-hydrogen) atoms. The fourth-order valence-electron chi connectivity index (χ4n) is 0.772. The van der Waals surface area contributed by atoms with Crippen LogP contribution >= 0.6 is 11.6 Å². The van der Waals surface area contributed by atoms with Gasteiger partial charge in [0.25, 0.3) is 0 Å². The van der Waals surface area contributed by atoms with E-state index in [4.69, 9.17) is 11.6 Å². The molecule has 0 saturated carbocycles. The Morgan fingerprint density at radius 3 is 1.73 bits per heavy atom. The first-order chi connectivity index (χ1) is 6.69. The highest BCUT2D eigenvalue weighted by molar-refractivity contribution is 6.17. The zero-order valence-corrected chi connectivity index (χ0v) is 8.22. The highest BCUT2D eigenvalue weighted by Crippen LogP contribution is 2.35. The quantitative estimate of drug-likeness (QED) is 0.416. The number of rotatable bonds is 5. The molecule has 0 heterocycles. The third-order valence-electron chi connectivity index (χ3n) is 1.41. The lowest BCUT2D eigenvalue weighted by atomic mass is 10.3. The molecule has 0 atom stereocenters. The van der Waals surface area contributed by atoms with Crippen molar-refractivity contribution < 1.29 is 31.1 Å². The van der Waals surface area contributed by atoms with E-state index in [9.17, 15) is 26.3 Å². The summed E-state index contributed by atoms with van der Waals surface area (Å²) in [6, 6.07) is 0. The van der Waals surface area contributed by atoms with Crippen LogP contribution in [0.25, 0.3) is 0 Å². The van der Waals surface area contributed by atoms with Gasteiger partial charge in [-0.25, -0.2) is 0 Å². The zero-order valence-electron chi connectivity index (χ0n) is 7.46. The van der Waals surface area contributed by atoms with Crippen LogP contribution in [0.4, 0.5) is 26.3 Å². The summed E-state index contributed by atoms with van der Waals surface area (Å²) in [6.45, 7) is -0.615. The summed E-state index contributed by atoms with van der Waals surface area (Å²) < 4.78 is 74.9. The molecule has 0 saturated heterocycles. The standard InChI is InChI=1S/C7H9ClF6O/c8-3-1-2-4-15-5(6(9,10)11)7(12,13)14/h5H,1-4H2. The van der Waals surface area contributed by atoms with E-state index in [1.54, 1.807) is 0 Å². The van der Waals surface area contributed by atoms with Crippen molar-refractivity contribution in [1.29, 1.82) is 0 Å². The lowest BCUT2D eigenvalue weighted by Crippen LogP contribution is -2.44. The maximum Gasteiger partial charge on any atom is 0.423 e. The van der Waals surface area contributed by atoms with E-state index in [1.165, 1.54) is 0 Å². The molecule has 92 valence electrons. The van der Waals surface area contributed by atoms with Crippen molar-refractivity contribution in [2.75, 3.05) is 12.5 Å². The van der Waals surface area contributed by atoms with Crippen molar-refractivity contribution in [3.8, 4) is 0 Å².